The molecular weight excluding hydrogens is 725 g/mol. The third kappa shape index (κ3) is 10.7. The van der Waals surface area contributed by atoms with Gasteiger partial charge in [-0.1, -0.05) is 24.3 Å². The van der Waals surface area contributed by atoms with E-state index in [9.17, 15) is 34.8 Å². The number of aromatic nitrogens is 3. The number of pyridine rings is 1. The molecular formula is C29H27F6N5O6S3. The molecule has 0 aliphatic carbocycles. The Morgan fingerprint density at radius 3 is 2.12 bits per heavy atom. The highest BCUT2D eigenvalue weighted by molar-refractivity contribution is 7.94. The van der Waals surface area contributed by atoms with Crippen molar-refractivity contribution in [3.63, 3.8) is 0 Å². The molecule has 264 valence electrons. The number of rotatable bonds is 9. The Bertz CT molecular complexity index is 1920. The number of sulfonamides is 1. The van der Waals surface area contributed by atoms with E-state index in [1.807, 2.05) is 49.6 Å². The lowest BCUT2D eigenvalue weighted by Crippen LogP contribution is -2.30. The summed E-state index contributed by atoms with van der Waals surface area (Å²) in [5.41, 5.74) is 3.47. The first-order valence-electron chi connectivity index (χ1n) is 13.6. The van der Waals surface area contributed by atoms with E-state index in [1.54, 1.807) is 35.0 Å². The molecule has 0 unspecified atom stereocenters. The first-order valence-corrected chi connectivity index (χ1v) is 16.8. The number of para-hydroxylation sites is 1. The molecule has 0 atom stereocenters. The average Bonchev–Trinajstić information content (AvgIpc) is 3.79. The van der Waals surface area contributed by atoms with E-state index in [-0.39, 0.29) is 0 Å². The zero-order valence-corrected chi connectivity index (χ0v) is 27.8. The van der Waals surface area contributed by atoms with Crippen LogP contribution in [0, 0.1) is 0 Å². The zero-order valence-electron chi connectivity index (χ0n) is 25.4. The van der Waals surface area contributed by atoms with Crippen molar-refractivity contribution < 1.29 is 54.6 Å². The number of benzene rings is 1. The molecule has 3 N–H and O–H groups in total. The van der Waals surface area contributed by atoms with Gasteiger partial charge in [-0.15, -0.1) is 22.7 Å². The molecule has 0 spiro atoms. The lowest BCUT2D eigenvalue weighted by atomic mass is 10.2. The second-order valence-electron chi connectivity index (χ2n) is 9.80. The first kappa shape index (κ1) is 38.9. The fraction of sp³-hybridized carbons (Fsp3) is 0.241. The molecule has 5 aromatic rings. The van der Waals surface area contributed by atoms with Crippen molar-refractivity contribution in [1.82, 2.24) is 19.9 Å². The van der Waals surface area contributed by atoms with E-state index in [0.717, 1.165) is 39.6 Å². The van der Waals surface area contributed by atoms with Crippen molar-refractivity contribution >= 4 is 61.2 Å². The number of thiazole rings is 1. The predicted octanol–water partition coefficient (Wildman–Crippen LogP) is 6.86. The van der Waals surface area contributed by atoms with Gasteiger partial charge in [0.1, 0.15) is 9.22 Å². The molecule has 4 heterocycles. The fourth-order valence-corrected chi connectivity index (χ4v) is 7.64. The number of fused-ring (bicyclic) bond motifs is 1. The second-order valence-corrected chi connectivity index (χ2v) is 13.9. The van der Waals surface area contributed by atoms with Crippen LogP contribution in [0.25, 0.3) is 21.6 Å². The minimum absolute atomic E-state index is 0.332. The minimum Gasteiger partial charge on any atom is -0.475 e. The van der Waals surface area contributed by atoms with Crippen molar-refractivity contribution in [2.45, 2.75) is 36.6 Å². The van der Waals surface area contributed by atoms with Gasteiger partial charge in [0.05, 0.1) is 16.9 Å². The number of hydrogen-bond acceptors (Lipinski definition) is 9. The number of carboxylic acids is 2. The van der Waals surface area contributed by atoms with Crippen LogP contribution < -0.4 is 4.31 Å². The molecule has 4 aromatic heterocycles. The number of aromatic amines is 1. The number of anilines is 1. The molecule has 1 aromatic carbocycles. The molecule has 20 heteroatoms. The SMILES string of the molecule is CCN(c1cccc2cc(-c3ncc(CN(C)Cc4cccnc4)s3)[nH]c12)S(=O)(=O)c1cccs1.O=C(O)C(F)(F)F.O=C(O)C(F)(F)F. The summed E-state index contributed by atoms with van der Waals surface area (Å²) >= 11 is 2.86. The monoisotopic (exact) mass is 751 g/mol. The number of nitrogens with zero attached hydrogens (tertiary/aromatic N) is 4. The van der Waals surface area contributed by atoms with Gasteiger partial charge in [-0.05, 0) is 49.2 Å². The number of halogens is 6. The van der Waals surface area contributed by atoms with Crippen molar-refractivity contribution in [2.75, 3.05) is 17.9 Å². The maximum Gasteiger partial charge on any atom is 0.490 e. The summed E-state index contributed by atoms with van der Waals surface area (Å²) in [4.78, 5) is 33.4. The van der Waals surface area contributed by atoms with Crippen LogP contribution in [-0.2, 0) is 32.7 Å². The number of alkyl halides is 6. The molecule has 5 rings (SSSR count). The van der Waals surface area contributed by atoms with E-state index < -0.39 is 34.3 Å². The van der Waals surface area contributed by atoms with E-state index in [1.165, 1.54) is 21.2 Å². The van der Waals surface area contributed by atoms with Crippen LogP contribution in [-0.4, -0.2) is 76.4 Å². The quantitative estimate of drug-likeness (QED) is 0.137. The molecule has 0 radical (unpaired) electrons. The largest absolute Gasteiger partial charge is 0.490 e. The van der Waals surface area contributed by atoms with Crippen LogP contribution in [0.5, 0.6) is 0 Å². The number of carbonyl (C=O) groups is 2. The second kappa shape index (κ2) is 16.2. The standard InChI is InChI=1S/C25H25N5O2S3.2C2HF3O2/c1-3-30(35(31,32)23-10-6-12-33-23)22-9-4-8-19-13-21(28-24(19)22)25-27-15-20(34-25)17-29(2)16-18-7-5-11-26-14-18;2*3-2(4,5)1(6)7/h4-15,28H,3,16-17H2,1-2H3;2*(H,6,7). The van der Waals surface area contributed by atoms with Gasteiger partial charge >= 0.3 is 24.3 Å². The summed E-state index contributed by atoms with van der Waals surface area (Å²) in [5, 5.41) is 17.9. The summed E-state index contributed by atoms with van der Waals surface area (Å²) in [6.45, 7) is 3.77. The number of H-pyrrole nitrogens is 1. The highest BCUT2D eigenvalue weighted by Crippen LogP contribution is 2.35. The Morgan fingerprint density at radius 2 is 1.59 bits per heavy atom. The maximum atomic E-state index is 13.3. The van der Waals surface area contributed by atoms with Gasteiger partial charge in [0.25, 0.3) is 10.0 Å². The van der Waals surface area contributed by atoms with Crippen LogP contribution >= 0.6 is 22.7 Å². The van der Waals surface area contributed by atoms with Gasteiger partial charge in [-0.2, -0.15) is 26.3 Å². The van der Waals surface area contributed by atoms with Crippen molar-refractivity contribution in [3.05, 3.63) is 82.9 Å². The number of thiophene rings is 1. The van der Waals surface area contributed by atoms with Crippen LogP contribution in [0.3, 0.4) is 0 Å². The van der Waals surface area contributed by atoms with Crippen LogP contribution in [0.2, 0.25) is 0 Å². The summed E-state index contributed by atoms with van der Waals surface area (Å²) < 4.78 is 91.8. The van der Waals surface area contributed by atoms with Crippen molar-refractivity contribution in [1.29, 1.82) is 0 Å². The molecule has 0 saturated heterocycles. The van der Waals surface area contributed by atoms with Crippen molar-refractivity contribution in [3.8, 4) is 10.7 Å². The van der Waals surface area contributed by atoms with Crippen molar-refractivity contribution in [2.24, 2.45) is 0 Å². The Morgan fingerprint density at radius 1 is 0.939 bits per heavy atom. The molecule has 49 heavy (non-hydrogen) atoms. The Labute approximate surface area is 283 Å². The summed E-state index contributed by atoms with van der Waals surface area (Å²) in [5.74, 6) is -5.51. The van der Waals surface area contributed by atoms with Gasteiger partial charge < -0.3 is 15.2 Å². The Hall–Kier alpha value is -4.53. The number of nitrogens with one attached hydrogen (secondary N) is 1. The molecule has 0 aliphatic heterocycles. The molecule has 0 saturated carbocycles. The number of carboxylic acid groups (broad SMARTS) is 2. The molecule has 0 aliphatic rings. The third-order valence-electron chi connectivity index (χ3n) is 6.10. The maximum absolute atomic E-state index is 13.3. The topological polar surface area (TPSA) is 157 Å². The lowest BCUT2D eigenvalue weighted by Gasteiger charge is -2.22. The highest BCUT2D eigenvalue weighted by atomic mass is 32.2. The number of aliphatic carboxylic acids is 2. The predicted molar refractivity (Wildman–Crippen MR) is 171 cm³/mol. The minimum atomic E-state index is -5.08. The van der Waals surface area contributed by atoms with Crippen LogP contribution in [0.1, 0.15) is 17.4 Å². The van der Waals surface area contributed by atoms with Gasteiger partial charge in [-0.3, -0.25) is 14.2 Å². The van der Waals surface area contributed by atoms with Gasteiger partial charge in [0.15, 0.2) is 0 Å². The van der Waals surface area contributed by atoms with E-state index in [2.05, 4.69) is 33.0 Å². The highest BCUT2D eigenvalue weighted by Gasteiger charge is 2.39. The zero-order chi connectivity index (χ0) is 36.6. The van der Waals surface area contributed by atoms with Gasteiger partial charge in [0.2, 0.25) is 0 Å². The van der Waals surface area contributed by atoms with E-state index >= 15 is 0 Å². The van der Waals surface area contributed by atoms with E-state index in [4.69, 9.17) is 19.8 Å². The van der Waals surface area contributed by atoms with Gasteiger partial charge in [0, 0.05) is 48.5 Å². The first-order chi connectivity index (χ1) is 22.8. The smallest absolute Gasteiger partial charge is 0.475 e. The summed E-state index contributed by atoms with van der Waals surface area (Å²) in [7, 11) is -1.56. The number of hydrogen-bond donors (Lipinski definition) is 3. The summed E-state index contributed by atoms with van der Waals surface area (Å²) in [6.07, 6.45) is -4.59. The fourth-order valence-electron chi connectivity index (χ4n) is 4.08. The van der Waals surface area contributed by atoms with Crippen LogP contribution in [0.15, 0.2) is 76.7 Å². The molecule has 11 nitrogen and oxygen atoms in total. The Balaban J connectivity index is 0.000000392. The summed E-state index contributed by atoms with van der Waals surface area (Å²) in [6, 6.07) is 15.2. The third-order valence-corrected chi connectivity index (χ3v) is 10.4. The average molecular weight is 752 g/mol. The Kier molecular flexibility index (Phi) is 12.9. The molecule has 0 amide bonds. The molecule has 0 fully saturated rings. The van der Waals surface area contributed by atoms with Crippen LogP contribution in [0.4, 0.5) is 32.0 Å². The van der Waals surface area contributed by atoms with E-state index in [0.29, 0.717) is 16.4 Å². The van der Waals surface area contributed by atoms with Gasteiger partial charge in [-0.25, -0.2) is 23.0 Å². The lowest BCUT2D eigenvalue weighted by molar-refractivity contribution is -0.193. The molecule has 0 bridgehead atoms. The normalized spacial score (nSPS) is 11.8.